The molecule has 0 unspecified atom stereocenters. The maximum Gasteiger partial charge on any atom is 0.209 e. The molecule has 7 heteroatoms. The summed E-state index contributed by atoms with van der Waals surface area (Å²) in [4.78, 5) is 3.78. The van der Waals surface area contributed by atoms with E-state index in [2.05, 4.69) is 147 Å². The molecule has 0 aromatic heterocycles. The molecule has 0 atom stereocenters. The van der Waals surface area contributed by atoms with Gasteiger partial charge >= 0.3 is 0 Å². The van der Waals surface area contributed by atoms with E-state index < -0.39 is 0 Å². The van der Waals surface area contributed by atoms with E-state index >= 15 is 0 Å². The van der Waals surface area contributed by atoms with Crippen molar-refractivity contribution in [2.24, 2.45) is 0 Å². The van der Waals surface area contributed by atoms with E-state index in [9.17, 15) is 0 Å². The van der Waals surface area contributed by atoms with Crippen LogP contribution in [0, 0.1) is 0 Å². The minimum Gasteiger partial charge on any atom is -0.497 e. The summed E-state index contributed by atoms with van der Waals surface area (Å²) in [5.74, 6) is 2.88. The van der Waals surface area contributed by atoms with Crippen LogP contribution >= 0.6 is 11.8 Å². The number of fused-ring (bicyclic) bond motifs is 2. The van der Waals surface area contributed by atoms with E-state index in [1.165, 1.54) is 50.0 Å². The van der Waals surface area contributed by atoms with Crippen molar-refractivity contribution in [3.05, 3.63) is 93.6 Å². The fourth-order valence-corrected chi connectivity index (χ4v) is 8.91. The molecule has 0 saturated heterocycles. The van der Waals surface area contributed by atoms with Gasteiger partial charge in [-0.1, -0.05) is 19.9 Å². The third kappa shape index (κ3) is 6.85. The maximum atomic E-state index is 5.60. The molecular weight excluding hydrogens is 601 g/mol. The number of anilines is 1. The SMILES string of the molecule is COc1ccc2c(c1)C(C)(C)C(/C=C/C1=C(SCC[N+](C)(C)C)C(=C/C=C3/N(C)c4ccc(OC)cc4C3(C)C)/C[N+](C)(C)C1)=[N+]2C. The van der Waals surface area contributed by atoms with Crippen LogP contribution in [0.5, 0.6) is 11.5 Å². The molecule has 6 nitrogen and oxygen atoms in total. The number of hydrogen-bond acceptors (Lipinski definition) is 4. The molecule has 0 amide bonds. The van der Waals surface area contributed by atoms with Crippen LogP contribution in [-0.4, -0.2) is 108 Å². The first-order valence-corrected chi connectivity index (χ1v) is 17.7. The smallest absolute Gasteiger partial charge is 0.209 e. The van der Waals surface area contributed by atoms with E-state index in [1.807, 2.05) is 11.8 Å². The molecule has 47 heavy (non-hydrogen) atoms. The average Bonchev–Trinajstić information content (AvgIpc) is 3.30. The maximum absolute atomic E-state index is 5.60. The standard InChI is InChI=1S/C40H57N4O2S/c1-39(2)32-24-30(45-12)16-18-34(32)41(5)36(39)20-14-28-26-44(10,11)27-29(38(28)47-23-22-43(7,8)9)15-21-37-40(3,4)33-25-31(46-13)17-19-35(33)42(37)6/h14-21,24-25H,22-23,26-27H2,1-13H3/q+3. The fourth-order valence-electron chi connectivity index (χ4n) is 7.44. The number of allylic oxidation sites excluding steroid dienone is 4. The Morgan fingerprint density at radius 3 is 2.17 bits per heavy atom. The monoisotopic (exact) mass is 657 g/mol. The number of likely N-dealkylation sites (N-methyl/N-ethyl adjacent to an activating group) is 2. The second-order valence-corrected chi connectivity index (χ2v) is 17.2. The van der Waals surface area contributed by atoms with Crippen LogP contribution in [0.3, 0.4) is 0 Å². The van der Waals surface area contributed by atoms with Crippen LogP contribution in [-0.2, 0) is 10.8 Å². The first-order chi connectivity index (χ1) is 21.9. The summed E-state index contributed by atoms with van der Waals surface area (Å²) in [5, 5.41) is 0. The molecule has 0 radical (unpaired) electrons. The van der Waals surface area contributed by atoms with Crippen molar-refractivity contribution in [2.45, 2.75) is 38.5 Å². The van der Waals surface area contributed by atoms with E-state index in [0.29, 0.717) is 0 Å². The molecule has 0 fully saturated rings. The van der Waals surface area contributed by atoms with Gasteiger partial charge in [0, 0.05) is 63.4 Å². The summed E-state index contributed by atoms with van der Waals surface area (Å²) < 4.78 is 15.4. The Bertz CT molecular complexity index is 1720. The molecule has 3 aliphatic heterocycles. The van der Waals surface area contributed by atoms with Crippen LogP contribution in [0.2, 0.25) is 0 Å². The average molecular weight is 658 g/mol. The van der Waals surface area contributed by atoms with Gasteiger partial charge in [-0.25, -0.2) is 0 Å². The quantitative estimate of drug-likeness (QED) is 0.209. The summed E-state index contributed by atoms with van der Waals surface area (Å²) in [6.07, 6.45) is 9.58. The van der Waals surface area contributed by atoms with Crippen molar-refractivity contribution >= 4 is 28.8 Å². The predicted octanol–water partition coefficient (Wildman–Crippen LogP) is 7.29. The number of rotatable bonds is 9. The highest BCUT2D eigenvalue weighted by molar-refractivity contribution is 8.03. The number of ether oxygens (including phenoxy) is 2. The summed E-state index contributed by atoms with van der Waals surface area (Å²) in [6.45, 7) is 12.4. The van der Waals surface area contributed by atoms with E-state index in [0.717, 1.165) is 45.9 Å². The van der Waals surface area contributed by atoms with Gasteiger partial charge in [0.25, 0.3) is 0 Å². The van der Waals surface area contributed by atoms with Crippen LogP contribution in [0.4, 0.5) is 11.4 Å². The molecule has 2 aromatic carbocycles. The molecule has 3 heterocycles. The molecule has 3 aliphatic rings. The number of methoxy groups -OCH3 is 2. The molecule has 5 rings (SSSR count). The van der Waals surface area contributed by atoms with Crippen molar-refractivity contribution in [1.29, 1.82) is 0 Å². The molecular formula is C40H57N4O2S+3. The van der Waals surface area contributed by atoms with Crippen molar-refractivity contribution < 1.29 is 23.0 Å². The van der Waals surface area contributed by atoms with Crippen LogP contribution < -0.4 is 14.4 Å². The van der Waals surface area contributed by atoms with E-state index in [4.69, 9.17) is 9.47 Å². The lowest BCUT2D eigenvalue weighted by atomic mass is 9.81. The van der Waals surface area contributed by atoms with Gasteiger partial charge in [-0.05, 0) is 61.9 Å². The van der Waals surface area contributed by atoms with Gasteiger partial charge in [-0.2, -0.15) is 4.58 Å². The van der Waals surface area contributed by atoms with Crippen LogP contribution in [0.25, 0.3) is 0 Å². The highest BCUT2D eigenvalue weighted by atomic mass is 32.2. The van der Waals surface area contributed by atoms with Crippen LogP contribution in [0.1, 0.15) is 38.8 Å². The molecule has 0 spiro atoms. The van der Waals surface area contributed by atoms with Gasteiger partial charge in [0.1, 0.15) is 31.6 Å². The first kappa shape index (κ1) is 35.1. The lowest BCUT2D eigenvalue weighted by Gasteiger charge is -2.37. The second kappa shape index (κ2) is 12.6. The zero-order chi connectivity index (χ0) is 34.5. The lowest BCUT2D eigenvalue weighted by molar-refractivity contribution is -0.881. The Labute approximate surface area is 288 Å². The Hall–Kier alpha value is -3.26. The molecule has 0 bridgehead atoms. The minimum absolute atomic E-state index is 0.134. The topological polar surface area (TPSA) is 24.7 Å². The predicted molar refractivity (Wildman–Crippen MR) is 201 cm³/mol. The van der Waals surface area contributed by atoms with Gasteiger partial charge < -0.3 is 23.3 Å². The molecule has 2 aromatic rings. The molecule has 0 N–H and O–H groups in total. The van der Waals surface area contributed by atoms with Crippen molar-refractivity contribution in [3.8, 4) is 11.5 Å². The summed E-state index contributed by atoms with van der Waals surface area (Å²) in [7, 11) is 19.4. The minimum atomic E-state index is -0.134. The van der Waals surface area contributed by atoms with E-state index in [-0.39, 0.29) is 10.8 Å². The van der Waals surface area contributed by atoms with Crippen molar-refractivity contribution in [3.63, 3.8) is 0 Å². The molecule has 252 valence electrons. The Morgan fingerprint density at radius 2 is 1.53 bits per heavy atom. The number of benzene rings is 2. The normalized spacial score (nSPS) is 21.7. The summed E-state index contributed by atoms with van der Waals surface area (Å²) in [6, 6.07) is 12.9. The molecule has 0 aliphatic carbocycles. The number of nitrogens with zero attached hydrogens (tertiary/aromatic N) is 4. The molecule has 0 saturated carbocycles. The van der Waals surface area contributed by atoms with Gasteiger partial charge in [-0.3, -0.25) is 0 Å². The van der Waals surface area contributed by atoms with Gasteiger partial charge in [0.05, 0.1) is 61.4 Å². The fraction of sp³-hybridized carbons (Fsp3) is 0.475. The Morgan fingerprint density at radius 1 is 0.894 bits per heavy atom. The number of quaternary nitrogens is 2. The first-order valence-electron chi connectivity index (χ1n) is 16.7. The highest BCUT2D eigenvalue weighted by Crippen LogP contribution is 2.48. The van der Waals surface area contributed by atoms with Gasteiger partial charge in [0.2, 0.25) is 5.69 Å². The number of hydrogen-bond donors (Lipinski definition) is 0. The zero-order valence-electron chi connectivity index (χ0n) is 31.1. The summed E-state index contributed by atoms with van der Waals surface area (Å²) in [5.41, 5.74) is 10.3. The lowest BCUT2D eigenvalue weighted by Crippen LogP contribution is -2.45. The highest BCUT2D eigenvalue weighted by Gasteiger charge is 2.44. The van der Waals surface area contributed by atoms with Gasteiger partial charge in [-0.15, -0.1) is 11.8 Å². The van der Waals surface area contributed by atoms with Crippen molar-refractivity contribution in [2.75, 3.05) is 93.8 Å². The largest absolute Gasteiger partial charge is 0.497 e. The second-order valence-electron chi connectivity index (χ2n) is 16.1. The zero-order valence-corrected chi connectivity index (χ0v) is 31.9. The Kier molecular flexibility index (Phi) is 9.43. The summed E-state index contributed by atoms with van der Waals surface area (Å²) >= 11 is 2.03. The number of thioether (sulfide) groups is 1. The van der Waals surface area contributed by atoms with E-state index in [1.54, 1.807) is 14.2 Å². The third-order valence-corrected chi connectivity index (χ3v) is 11.4. The third-order valence-electron chi connectivity index (χ3n) is 10.2. The van der Waals surface area contributed by atoms with Crippen molar-refractivity contribution in [1.82, 2.24) is 0 Å². The van der Waals surface area contributed by atoms with Crippen LogP contribution in [0.15, 0.2) is 82.5 Å². The van der Waals surface area contributed by atoms with Gasteiger partial charge in [0.15, 0.2) is 5.71 Å². The Balaban J connectivity index is 1.58.